The number of hydrogen-bond acceptors (Lipinski definition) is 3. The fraction of sp³-hybridized carbons (Fsp3) is 0.105. The van der Waals surface area contributed by atoms with Crippen molar-refractivity contribution in [2.45, 2.75) is 13.5 Å². The van der Waals surface area contributed by atoms with Gasteiger partial charge in [0.1, 0.15) is 0 Å². The van der Waals surface area contributed by atoms with E-state index in [-0.39, 0.29) is 6.54 Å². The van der Waals surface area contributed by atoms with Gasteiger partial charge in [0.25, 0.3) is 11.7 Å². The third kappa shape index (κ3) is 2.67. The number of pyridine rings is 1. The molecule has 2 N–H and O–H groups in total. The highest BCUT2D eigenvalue weighted by Crippen LogP contribution is 2.22. The van der Waals surface area contributed by atoms with Gasteiger partial charge in [-0.1, -0.05) is 24.3 Å². The lowest BCUT2D eigenvalue weighted by molar-refractivity contribution is -0.117. The summed E-state index contributed by atoms with van der Waals surface area (Å²) >= 11 is 0. The minimum absolute atomic E-state index is 0.202. The van der Waals surface area contributed by atoms with Crippen LogP contribution in [0.2, 0.25) is 0 Å². The molecule has 6 heteroatoms. The van der Waals surface area contributed by atoms with Crippen LogP contribution in [-0.2, 0) is 11.3 Å². The van der Waals surface area contributed by atoms with Gasteiger partial charge >= 0.3 is 0 Å². The molecule has 6 nitrogen and oxygen atoms in total. The molecule has 0 atom stereocenters. The van der Waals surface area contributed by atoms with Crippen molar-refractivity contribution in [1.82, 2.24) is 19.9 Å². The number of ketones is 1. The molecule has 0 aliphatic carbocycles. The van der Waals surface area contributed by atoms with Crippen molar-refractivity contribution in [2.75, 3.05) is 0 Å². The van der Waals surface area contributed by atoms with Crippen LogP contribution >= 0.6 is 0 Å². The molecule has 0 fully saturated rings. The Morgan fingerprint density at radius 3 is 2.80 bits per heavy atom. The first-order chi connectivity index (χ1) is 12.1. The highest BCUT2D eigenvalue weighted by atomic mass is 16.2. The van der Waals surface area contributed by atoms with Gasteiger partial charge in [-0.2, -0.15) is 5.10 Å². The van der Waals surface area contributed by atoms with Crippen molar-refractivity contribution >= 4 is 28.1 Å². The van der Waals surface area contributed by atoms with Gasteiger partial charge < -0.3 is 10.3 Å². The zero-order valence-electron chi connectivity index (χ0n) is 13.6. The number of aromatic amines is 1. The molecule has 0 aliphatic heterocycles. The van der Waals surface area contributed by atoms with Crippen LogP contribution in [0.5, 0.6) is 0 Å². The molecular weight excluding hydrogens is 316 g/mol. The average molecular weight is 332 g/mol. The molecule has 0 radical (unpaired) electrons. The van der Waals surface area contributed by atoms with Gasteiger partial charge in [0.15, 0.2) is 0 Å². The summed E-state index contributed by atoms with van der Waals surface area (Å²) in [5.41, 5.74) is 3.59. The molecule has 0 aliphatic rings. The summed E-state index contributed by atoms with van der Waals surface area (Å²) in [5.74, 6) is -1.18. The minimum atomic E-state index is -0.634. The monoisotopic (exact) mass is 332 g/mol. The molecule has 0 saturated heterocycles. The summed E-state index contributed by atoms with van der Waals surface area (Å²) in [5, 5.41) is 7.78. The molecule has 124 valence electrons. The minimum Gasteiger partial charge on any atom is -0.358 e. The number of aryl methyl sites for hydroxylation is 1. The van der Waals surface area contributed by atoms with Gasteiger partial charge in [-0.25, -0.2) is 4.52 Å². The molecule has 0 unspecified atom stereocenters. The third-order valence-electron chi connectivity index (χ3n) is 4.18. The molecule has 3 heterocycles. The van der Waals surface area contributed by atoms with E-state index in [1.165, 1.54) is 0 Å². The number of nitrogens with zero attached hydrogens (tertiary/aromatic N) is 2. The molecule has 1 amide bonds. The largest absolute Gasteiger partial charge is 0.358 e. The van der Waals surface area contributed by atoms with Crippen molar-refractivity contribution in [3.05, 3.63) is 71.7 Å². The van der Waals surface area contributed by atoms with E-state index in [9.17, 15) is 9.59 Å². The molecule has 0 saturated carbocycles. The van der Waals surface area contributed by atoms with Crippen LogP contribution < -0.4 is 5.32 Å². The Morgan fingerprint density at radius 2 is 1.96 bits per heavy atom. The van der Waals surface area contributed by atoms with E-state index >= 15 is 0 Å². The quantitative estimate of drug-likeness (QED) is 0.445. The summed E-state index contributed by atoms with van der Waals surface area (Å²) in [6.45, 7) is 2.00. The molecule has 4 aromatic rings. The second-order valence-electron chi connectivity index (χ2n) is 5.89. The van der Waals surface area contributed by atoms with Crippen LogP contribution in [0.4, 0.5) is 0 Å². The lowest BCUT2D eigenvalue weighted by Gasteiger charge is -2.03. The van der Waals surface area contributed by atoms with E-state index in [1.54, 1.807) is 11.4 Å². The Kier molecular flexibility index (Phi) is 3.57. The number of amides is 1. The predicted octanol–water partition coefficient (Wildman–Crippen LogP) is 2.62. The fourth-order valence-corrected chi connectivity index (χ4v) is 3.01. The van der Waals surface area contributed by atoms with Crippen molar-refractivity contribution < 1.29 is 9.59 Å². The van der Waals surface area contributed by atoms with Gasteiger partial charge in [-0.15, -0.1) is 0 Å². The molecular formula is C19H16N4O2. The van der Waals surface area contributed by atoms with Gasteiger partial charge in [-0.05, 0) is 31.2 Å². The normalized spacial score (nSPS) is 11.1. The number of para-hydroxylation sites is 1. The zero-order chi connectivity index (χ0) is 17.4. The topological polar surface area (TPSA) is 79.3 Å². The molecule has 25 heavy (non-hydrogen) atoms. The summed E-state index contributed by atoms with van der Waals surface area (Å²) in [4.78, 5) is 28.0. The molecule has 0 spiro atoms. The van der Waals surface area contributed by atoms with Crippen LogP contribution in [0, 0.1) is 6.92 Å². The first-order valence-electron chi connectivity index (χ1n) is 7.96. The lowest BCUT2D eigenvalue weighted by Crippen LogP contribution is -2.31. The Bertz CT molecular complexity index is 1070. The van der Waals surface area contributed by atoms with Crippen LogP contribution in [0.25, 0.3) is 16.4 Å². The number of benzene rings is 1. The Hall–Kier alpha value is -3.41. The smallest absolute Gasteiger partial charge is 0.292 e. The van der Waals surface area contributed by atoms with E-state index in [0.29, 0.717) is 17.0 Å². The van der Waals surface area contributed by atoms with E-state index in [2.05, 4.69) is 15.4 Å². The molecule has 1 aromatic carbocycles. The predicted molar refractivity (Wildman–Crippen MR) is 94.4 cm³/mol. The van der Waals surface area contributed by atoms with Crippen molar-refractivity contribution in [1.29, 1.82) is 0 Å². The standard InChI is InChI=1S/C19H16N4O2/c1-12-17(15-7-2-3-8-16(15)21-12)18(24)19(25)20-11-13-10-14-6-4-5-9-23(14)22-13/h2-10,21H,11H2,1H3,(H,20,25). The number of rotatable bonds is 4. The highest BCUT2D eigenvalue weighted by molar-refractivity contribution is 6.45. The Balaban J connectivity index is 1.54. The van der Waals surface area contributed by atoms with Crippen LogP contribution in [0.3, 0.4) is 0 Å². The van der Waals surface area contributed by atoms with Gasteiger partial charge in [0.05, 0.1) is 23.3 Å². The SMILES string of the molecule is Cc1[nH]c2ccccc2c1C(=O)C(=O)NCc1cc2ccccn2n1. The average Bonchev–Trinajstić information content (AvgIpc) is 3.18. The van der Waals surface area contributed by atoms with Crippen molar-refractivity contribution in [3.8, 4) is 0 Å². The summed E-state index contributed by atoms with van der Waals surface area (Å²) < 4.78 is 1.73. The van der Waals surface area contributed by atoms with Gasteiger partial charge in [0.2, 0.25) is 0 Å². The molecule has 4 rings (SSSR count). The fourth-order valence-electron chi connectivity index (χ4n) is 3.01. The number of carbonyl (C=O) groups is 2. The number of Topliss-reactive ketones (excluding diaryl/α,β-unsaturated/α-hetero) is 1. The second-order valence-corrected chi connectivity index (χ2v) is 5.89. The summed E-state index contributed by atoms with van der Waals surface area (Å²) in [6, 6.07) is 15.1. The summed E-state index contributed by atoms with van der Waals surface area (Å²) in [6.07, 6.45) is 1.83. The van der Waals surface area contributed by atoms with E-state index in [0.717, 1.165) is 16.4 Å². The maximum absolute atomic E-state index is 12.6. The first kappa shape index (κ1) is 15.1. The van der Waals surface area contributed by atoms with Gasteiger partial charge in [-0.3, -0.25) is 9.59 Å². The number of carbonyl (C=O) groups excluding carboxylic acids is 2. The van der Waals surface area contributed by atoms with Crippen LogP contribution in [0.15, 0.2) is 54.7 Å². The van der Waals surface area contributed by atoms with Crippen LogP contribution in [0.1, 0.15) is 21.7 Å². The number of aromatic nitrogens is 3. The van der Waals surface area contributed by atoms with Crippen molar-refractivity contribution in [3.63, 3.8) is 0 Å². The van der Waals surface area contributed by atoms with Gasteiger partial charge in [0, 0.05) is 22.8 Å². The number of nitrogens with one attached hydrogen (secondary N) is 2. The zero-order valence-corrected chi connectivity index (χ0v) is 13.6. The van der Waals surface area contributed by atoms with Crippen molar-refractivity contribution in [2.24, 2.45) is 0 Å². The third-order valence-corrected chi connectivity index (χ3v) is 4.18. The second kappa shape index (κ2) is 5.90. The number of fused-ring (bicyclic) bond motifs is 2. The maximum atomic E-state index is 12.6. The molecule has 3 aromatic heterocycles. The Labute approximate surface area is 143 Å². The highest BCUT2D eigenvalue weighted by Gasteiger charge is 2.22. The first-order valence-corrected chi connectivity index (χ1v) is 7.96. The lowest BCUT2D eigenvalue weighted by atomic mass is 10.1. The Morgan fingerprint density at radius 1 is 1.16 bits per heavy atom. The maximum Gasteiger partial charge on any atom is 0.292 e. The molecule has 0 bridgehead atoms. The van der Waals surface area contributed by atoms with Crippen LogP contribution in [-0.4, -0.2) is 26.3 Å². The van der Waals surface area contributed by atoms with E-state index in [4.69, 9.17) is 0 Å². The summed E-state index contributed by atoms with van der Waals surface area (Å²) in [7, 11) is 0. The number of hydrogen-bond donors (Lipinski definition) is 2. The van der Waals surface area contributed by atoms with E-state index in [1.807, 2.05) is 54.7 Å². The number of H-pyrrole nitrogens is 1. The van der Waals surface area contributed by atoms with E-state index < -0.39 is 11.7 Å².